The zero-order valence-electron chi connectivity index (χ0n) is 7.99. The number of esters is 1. The molecule has 2 aliphatic heterocycles. The molecule has 3 nitrogen and oxygen atoms in total. The SMILES string of the molecule is C[C@@H]1CCCCC[C@H]2O[C@H]2C(=O)O1. The first-order chi connectivity index (χ1) is 6.27. The van der Waals surface area contributed by atoms with Crippen LogP contribution in [0.2, 0.25) is 0 Å². The van der Waals surface area contributed by atoms with Crippen molar-refractivity contribution in [2.75, 3.05) is 0 Å². The van der Waals surface area contributed by atoms with Crippen LogP contribution in [0.4, 0.5) is 0 Å². The van der Waals surface area contributed by atoms with Crippen LogP contribution in [-0.4, -0.2) is 24.3 Å². The zero-order chi connectivity index (χ0) is 9.26. The summed E-state index contributed by atoms with van der Waals surface area (Å²) in [5.41, 5.74) is 0. The van der Waals surface area contributed by atoms with E-state index in [1.54, 1.807) is 0 Å². The molecule has 0 radical (unpaired) electrons. The first-order valence-corrected chi connectivity index (χ1v) is 5.13. The van der Waals surface area contributed by atoms with Crippen LogP contribution in [-0.2, 0) is 14.3 Å². The summed E-state index contributed by atoms with van der Waals surface area (Å²) in [6, 6.07) is 0. The summed E-state index contributed by atoms with van der Waals surface area (Å²) in [5.74, 6) is -0.153. The highest BCUT2D eigenvalue weighted by Gasteiger charge is 2.46. The van der Waals surface area contributed by atoms with Crippen LogP contribution < -0.4 is 0 Å². The van der Waals surface area contributed by atoms with Gasteiger partial charge in [0.2, 0.25) is 0 Å². The van der Waals surface area contributed by atoms with Crippen molar-refractivity contribution in [3.63, 3.8) is 0 Å². The quantitative estimate of drug-likeness (QED) is 0.424. The smallest absolute Gasteiger partial charge is 0.338 e. The highest BCUT2D eigenvalue weighted by molar-refractivity contribution is 5.78. The van der Waals surface area contributed by atoms with E-state index in [4.69, 9.17) is 9.47 Å². The van der Waals surface area contributed by atoms with Gasteiger partial charge in [0.15, 0.2) is 6.10 Å². The maximum Gasteiger partial charge on any atom is 0.338 e. The summed E-state index contributed by atoms with van der Waals surface area (Å²) in [5, 5.41) is 0. The van der Waals surface area contributed by atoms with Crippen molar-refractivity contribution in [1.82, 2.24) is 0 Å². The van der Waals surface area contributed by atoms with Gasteiger partial charge in [0.1, 0.15) is 0 Å². The average molecular weight is 184 g/mol. The predicted molar refractivity (Wildman–Crippen MR) is 47.3 cm³/mol. The maximum absolute atomic E-state index is 11.3. The van der Waals surface area contributed by atoms with E-state index in [9.17, 15) is 4.79 Å². The number of cyclic esters (lactones) is 1. The maximum atomic E-state index is 11.3. The minimum absolute atomic E-state index is 0.0652. The summed E-state index contributed by atoms with van der Waals surface area (Å²) in [4.78, 5) is 11.3. The molecule has 0 amide bonds. The van der Waals surface area contributed by atoms with Crippen LogP contribution in [0.3, 0.4) is 0 Å². The summed E-state index contributed by atoms with van der Waals surface area (Å²) >= 11 is 0. The van der Waals surface area contributed by atoms with Gasteiger partial charge in [0, 0.05) is 0 Å². The third-order valence-electron chi connectivity index (χ3n) is 2.73. The van der Waals surface area contributed by atoms with E-state index in [0.29, 0.717) is 0 Å². The van der Waals surface area contributed by atoms with Crippen molar-refractivity contribution in [3.8, 4) is 0 Å². The minimum atomic E-state index is -0.236. The molecule has 3 atom stereocenters. The lowest BCUT2D eigenvalue weighted by Crippen LogP contribution is -2.21. The molecule has 0 aromatic rings. The van der Waals surface area contributed by atoms with Crippen molar-refractivity contribution in [2.45, 2.75) is 57.3 Å². The summed E-state index contributed by atoms with van der Waals surface area (Å²) < 4.78 is 10.5. The fraction of sp³-hybridized carbons (Fsp3) is 0.900. The number of ether oxygens (including phenoxy) is 2. The van der Waals surface area contributed by atoms with Gasteiger partial charge in [0.05, 0.1) is 12.2 Å². The topological polar surface area (TPSA) is 38.8 Å². The van der Waals surface area contributed by atoms with Crippen molar-refractivity contribution in [2.24, 2.45) is 0 Å². The number of fused-ring (bicyclic) bond motifs is 1. The molecule has 0 unspecified atom stereocenters. The van der Waals surface area contributed by atoms with Gasteiger partial charge in [-0.2, -0.15) is 0 Å². The fourth-order valence-corrected chi connectivity index (χ4v) is 1.85. The van der Waals surface area contributed by atoms with E-state index < -0.39 is 0 Å². The molecule has 0 saturated carbocycles. The largest absolute Gasteiger partial charge is 0.461 e. The molecule has 3 heteroatoms. The predicted octanol–water partition coefficient (Wildman–Crippen LogP) is 1.65. The van der Waals surface area contributed by atoms with Gasteiger partial charge < -0.3 is 9.47 Å². The molecule has 0 N–H and O–H groups in total. The number of epoxide rings is 1. The van der Waals surface area contributed by atoms with Crippen LogP contribution in [0.25, 0.3) is 0 Å². The molecule has 2 saturated heterocycles. The lowest BCUT2D eigenvalue weighted by atomic mass is 10.1. The van der Waals surface area contributed by atoms with Crippen LogP contribution in [0, 0.1) is 0 Å². The average Bonchev–Trinajstić information content (AvgIpc) is 2.82. The Balaban J connectivity index is 1.89. The van der Waals surface area contributed by atoms with Crippen molar-refractivity contribution in [1.29, 1.82) is 0 Å². The number of carbonyl (C=O) groups is 1. The van der Waals surface area contributed by atoms with Crippen LogP contribution in [0.1, 0.15) is 39.0 Å². The molecular weight excluding hydrogens is 168 g/mol. The molecule has 2 heterocycles. The third-order valence-corrected chi connectivity index (χ3v) is 2.73. The van der Waals surface area contributed by atoms with Gasteiger partial charge in [-0.1, -0.05) is 12.8 Å². The van der Waals surface area contributed by atoms with E-state index in [1.807, 2.05) is 6.92 Å². The van der Waals surface area contributed by atoms with Crippen LogP contribution in [0.5, 0.6) is 0 Å². The Kier molecular flexibility index (Phi) is 2.54. The monoisotopic (exact) mass is 184 g/mol. The molecule has 0 bridgehead atoms. The van der Waals surface area contributed by atoms with E-state index in [0.717, 1.165) is 19.3 Å². The summed E-state index contributed by atoms with van der Waals surface area (Å²) in [6.45, 7) is 1.96. The molecule has 0 spiro atoms. The molecule has 0 aromatic heterocycles. The van der Waals surface area contributed by atoms with E-state index in [1.165, 1.54) is 12.8 Å². The molecule has 2 rings (SSSR count). The van der Waals surface area contributed by atoms with Gasteiger partial charge in [-0.15, -0.1) is 0 Å². The van der Waals surface area contributed by atoms with Gasteiger partial charge in [0.25, 0.3) is 0 Å². The highest BCUT2D eigenvalue weighted by Crippen LogP contribution is 2.30. The summed E-state index contributed by atoms with van der Waals surface area (Å²) in [7, 11) is 0. The third kappa shape index (κ3) is 2.21. The normalized spacial score (nSPS) is 40.4. The molecule has 2 aliphatic rings. The van der Waals surface area contributed by atoms with E-state index in [-0.39, 0.29) is 24.3 Å². The number of hydrogen-bond donors (Lipinski definition) is 0. The van der Waals surface area contributed by atoms with E-state index in [2.05, 4.69) is 0 Å². The van der Waals surface area contributed by atoms with Crippen molar-refractivity contribution < 1.29 is 14.3 Å². The molecular formula is C10H16O3. The lowest BCUT2D eigenvalue weighted by molar-refractivity contribution is -0.150. The Hall–Kier alpha value is -0.570. The summed E-state index contributed by atoms with van der Waals surface area (Å²) in [6.07, 6.45) is 5.58. The molecule has 74 valence electrons. The highest BCUT2D eigenvalue weighted by atomic mass is 16.6. The number of hydrogen-bond acceptors (Lipinski definition) is 3. The standard InChI is InChI=1S/C10H16O3/c1-7-5-3-2-4-6-8-9(13-8)10(11)12-7/h7-9H,2-6H2,1H3/t7-,8-,9-/m1/s1. The molecule has 0 aliphatic carbocycles. The lowest BCUT2D eigenvalue weighted by Gasteiger charge is -2.13. The second-order valence-corrected chi connectivity index (χ2v) is 3.98. The zero-order valence-corrected chi connectivity index (χ0v) is 7.99. The number of carbonyl (C=O) groups excluding carboxylic acids is 1. The van der Waals surface area contributed by atoms with E-state index >= 15 is 0 Å². The van der Waals surface area contributed by atoms with Crippen molar-refractivity contribution in [3.05, 3.63) is 0 Å². The fourth-order valence-electron chi connectivity index (χ4n) is 1.85. The first-order valence-electron chi connectivity index (χ1n) is 5.13. The Bertz CT molecular complexity index is 202. The van der Waals surface area contributed by atoms with Crippen LogP contribution in [0.15, 0.2) is 0 Å². The van der Waals surface area contributed by atoms with Gasteiger partial charge >= 0.3 is 5.97 Å². The Morgan fingerprint density at radius 3 is 2.85 bits per heavy atom. The second kappa shape index (κ2) is 3.66. The van der Waals surface area contributed by atoms with Gasteiger partial charge in [-0.3, -0.25) is 0 Å². The van der Waals surface area contributed by atoms with Crippen molar-refractivity contribution >= 4 is 5.97 Å². The van der Waals surface area contributed by atoms with Gasteiger partial charge in [-0.25, -0.2) is 4.79 Å². The van der Waals surface area contributed by atoms with Gasteiger partial charge in [-0.05, 0) is 26.2 Å². The Morgan fingerprint density at radius 1 is 1.23 bits per heavy atom. The molecule has 2 fully saturated rings. The number of rotatable bonds is 0. The Morgan fingerprint density at radius 2 is 2.00 bits per heavy atom. The Labute approximate surface area is 78.4 Å². The molecule has 0 aromatic carbocycles. The molecule has 13 heavy (non-hydrogen) atoms. The second-order valence-electron chi connectivity index (χ2n) is 3.98. The minimum Gasteiger partial charge on any atom is -0.461 e. The van der Waals surface area contributed by atoms with Crippen LogP contribution >= 0.6 is 0 Å². The first kappa shape index (κ1) is 9.00.